The van der Waals surface area contributed by atoms with Crippen molar-refractivity contribution in [3.8, 4) is 11.5 Å². The lowest BCUT2D eigenvalue weighted by Gasteiger charge is -2.30. The second-order valence-corrected chi connectivity index (χ2v) is 9.31. The molecule has 3 aromatic carbocycles. The number of benzene rings is 3. The summed E-state index contributed by atoms with van der Waals surface area (Å²) in [6.07, 6.45) is 1.19. The van der Waals surface area contributed by atoms with Gasteiger partial charge in [-0.1, -0.05) is 30.3 Å². The molecule has 0 saturated heterocycles. The number of nitrogens with zero attached hydrogens (tertiary/aromatic N) is 1. The highest BCUT2D eigenvalue weighted by molar-refractivity contribution is 6.01. The van der Waals surface area contributed by atoms with Crippen molar-refractivity contribution in [2.45, 2.75) is 31.7 Å². The zero-order chi connectivity index (χ0) is 24.5. The number of carbonyl (C=O) groups excluding carboxylic acids is 1. The van der Waals surface area contributed by atoms with E-state index in [2.05, 4.69) is 39.8 Å². The summed E-state index contributed by atoms with van der Waals surface area (Å²) in [5.74, 6) is 0.737. The average Bonchev–Trinajstić information content (AvgIpc) is 3.02. The number of ether oxygens (including phenoxy) is 1. The molecule has 0 spiro atoms. The number of ketones is 1. The van der Waals surface area contributed by atoms with Crippen LogP contribution in [0.15, 0.2) is 78.0 Å². The predicted octanol–water partition coefficient (Wildman–Crippen LogP) is 5.84. The molecule has 3 aromatic rings. The van der Waals surface area contributed by atoms with Crippen molar-refractivity contribution >= 4 is 22.8 Å². The lowest BCUT2D eigenvalue weighted by atomic mass is 9.78. The van der Waals surface area contributed by atoms with Crippen LogP contribution in [0.2, 0.25) is 0 Å². The third-order valence-electron chi connectivity index (χ3n) is 6.81. The molecule has 2 unspecified atom stereocenters. The second kappa shape index (κ2) is 9.37. The van der Waals surface area contributed by atoms with Gasteiger partial charge in [-0.2, -0.15) is 0 Å². The van der Waals surface area contributed by atoms with Gasteiger partial charge in [-0.15, -0.1) is 0 Å². The third-order valence-corrected chi connectivity index (χ3v) is 6.81. The first-order valence-corrected chi connectivity index (χ1v) is 12.1. The monoisotopic (exact) mass is 469 g/mol. The maximum atomic E-state index is 13.7. The zero-order valence-corrected chi connectivity index (χ0v) is 20.3. The Balaban J connectivity index is 1.56. The Labute approximate surface area is 206 Å². The number of allylic oxidation sites excluding steroid dienone is 1. The lowest BCUT2D eigenvalue weighted by molar-refractivity contribution is -0.116. The summed E-state index contributed by atoms with van der Waals surface area (Å²) in [7, 11) is 4.05. The molecule has 6 heteroatoms. The molecule has 5 rings (SSSR count). The van der Waals surface area contributed by atoms with Crippen LogP contribution < -0.4 is 20.3 Å². The van der Waals surface area contributed by atoms with Gasteiger partial charge in [0.15, 0.2) is 17.3 Å². The van der Waals surface area contributed by atoms with Crippen molar-refractivity contribution < 1.29 is 14.6 Å². The largest absolute Gasteiger partial charge is 0.504 e. The fraction of sp³-hybridized carbons (Fsp3) is 0.276. The molecule has 0 amide bonds. The van der Waals surface area contributed by atoms with Crippen molar-refractivity contribution in [1.29, 1.82) is 0 Å². The molecule has 0 radical (unpaired) electrons. The highest BCUT2D eigenvalue weighted by Crippen LogP contribution is 2.45. The van der Waals surface area contributed by atoms with Gasteiger partial charge in [0.1, 0.15) is 0 Å². The van der Waals surface area contributed by atoms with Crippen LogP contribution in [0.4, 0.5) is 17.1 Å². The van der Waals surface area contributed by atoms with Gasteiger partial charge in [-0.3, -0.25) is 4.79 Å². The normalized spacial score (nSPS) is 19.1. The van der Waals surface area contributed by atoms with Crippen molar-refractivity contribution in [3.63, 3.8) is 0 Å². The first-order valence-electron chi connectivity index (χ1n) is 12.1. The minimum absolute atomic E-state index is 0.0909. The van der Waals surface area contributed by atoms with E-state index in [1.807, 2.05) is 57.4 Å². The van der Waals surface area contributed by atoms with E-state index in [-0.39, 0.29) is 23.5 Å². The third kappa shape index (κ3) is 4.44. The first kappa shape index (κ1) is 22.8. The summed E-state index contributed by atoms with van der Waals surface area (Å²) in [5.41, 5.74) is 6.74. The highest BCUT2D eigenvalue weighted by Gasteiger charge is 2.36. The lowest BCUT2D eigenvalue weighted by Crippen LogP contribution is -2.27. The molecule has 0 aromatic heterocycles. The van der Waals surface area contributed by atoms with Crippen molar-refractivity contribution in [1.82, 2.24) is 0 Å². The molecule has 3 N–H and O–H groups in total. The fourth-order valence-electron chi connectivity index (χ4n) is 5.00. The number of fused-ring (bicyclic) bond motifs is 1. The Hall–Kier alpha value is -3.93. The summed E-state index contributed by atoms with van der Waals surface area (Å²) in [6.45, 7) is 2.33. The van der Waals surface area contributed by atoms with Crippen LogP contribution in [-0.4, -0.2) is 31.6 Å². The van der Waals surface area contributed by atoms with Crippen LogP contribution in [0.3, 0.4) is 0 Å². The molecule has 1 heterocycles. The fourth-order valence-corrected chi connectivity index (χ4v) is 5.00. The topological polar surface area (TPSA) is 73.8 Å². The van der Waals surface area contributed by atoms with E-state index < -0.39 is 0 Å². The smallest absolute Gasteiger partial charge is 0.163 e. The van der Waals surface area contributed by atoms with Crippen LogP contribution in [0.1, 0.15) is 42.9 Å². The predicted molar refractivity (Wildman–Crippen MR) is 140 cm³/mol. The van der Waals surface area contributed by atoms with E-state index in [9.17, 15) is 9.90 Å². The van der Waals surface area contributed by atoms with E-state index in [1.165, 1.54) is 5.56 Å². The molecular weight excluding hydrogens is 438 g/mol. The minimum Gasteiger partial charge on any atom is -0.504 e. The number of aromatic hydroxyl groups is 1. The number of hydrogen-bond acceptors (Lipinski definition) is 6. The minimum atomic E-state index is -0.356. The van der Waals surface area contributed by atoms with E-state index in [0.717, 1.165) is 40.3 Å². The summed E-state index contributed by atoms with van der Waals surface area (Å²) >= 11 is 0. The van der Waals surface area contributed by atoms with E-state index in [4.69, 9.17) is 4.74 Å². The van der Waals surface area contributed by atoms with Gasteiger partial charge >= 0.3 is 0 Å². The summed E-state index contributed by atoms with van der Waals surface area (Å²) in [6, 6.07) is 21.4. The Morgan fingerprint density at radius 1 is 0.971 bits per heavy atom. The number of nitrogens with one attached hydrogen (secondary N) is 2. The molecule has 6 nitrogen and oxygen atoms in total. The number of Topliss-reactive ketones (excluding diaryl/α,β-unsaturated/α-hetero) is 1. The van der Waals surface area contributed by atoms with E-state index in [1.54, 1.807) is 6.07 Å². The van der Waals surface area contributed by atoms with Crippen LogP contribution in [0.25, 0.3) is 0 Å². The molecule has 35 heavy (non-hydrogen) atoms. The number of phenolic OH excluding ortho intramolecular Hbond substituents is 1. The average molecular weight is 470 g/mol. The molecule has 0 bridgehead atoms. The standard InChI is InChI=1S/C29H31N3O3/c1-4-35-27-17-19(11-14-25(27)33)29-28-24(30-22-7-5-6-8-23(22)31-29)15-20(16-26(28)34)18-9-12-21(13-10-18)32(2)3/h5-14,17,20,29-31,33H,4,15-16H2,1-3H3. The van der Waals surface area contributed by atoms with Crippen LogP contribution in [0.5, 0.6) is 11.5 Å². The van der Waals surface area contributed by atoms with Gasteiger partial charge in [0, 0.05) is 37.5 Å². The molecule has 0 saturated carbocycles. The SMILES string of the molecule is CCOc1cc(C2Nc3ccccc3NC3=C2C(=O)CC(c2ccc(N(C)C)cc2)C3)ccc1O. The second-order valence-electron chi connectivity index (χ2n) is 9.31. The van der Waals surface area contributed by atoms with Gasteiger partial charge in [-0.05, 0) is 66.8 Å². The molecular formula is C29H31N3O3. The number of hydrogen-bond donors (Lipinski definition) is 3. The van der Waals surface area contributed by atoms with Crippen LogP contribution in [-0.2, 0) is 4.79 Å². The summed E-state index contributed by atoms with van der Waals surface area (Å²) in [4.78, 5) is 15.8. The first-order chi connectivity index (χ1) is 16.9. The van der Waals surface area contributed by atoms with Gasteiger partial charge < -0.3 is 25.4 Å². The molecule has 1 aliphatic carbocycles. The zero-order valence-electron chi connectivity index (χ0n) is 20.3. The Bertz CT molecular complexity index is 1280. The molecule has 2 atom stereocenters. The summed E-state index contributed by atoms with van der Waals surface area (Å²) < 4.78 is 5.64. The van der Waals surface area contributed by atoms with Gasteiger partial charge in [-0.25, -0.2) is 0 Å². The van der Waals surface area contributed by atoms with Crippen molar-refractivity contribution in [2.24, 2.45) is 0 Å². The number of para-hydroxylation sites is 2. The Morgan fingerprint density at radius 2 is 1.69 bits per heavy atom. The summed E-state index contributed by atoms with van der Waals surface area (Å²) in [5, 5.41) is 17.4. The van der Waals surface area contributed by atoms with Crippen molar-refractivity contribution in [2.75, 3.05) is 36.2 Å². The Morgan fingerprint density at radius 3 is 2.40 bits per heavy atom. The molecule has 0 fully saturated rings. The van der Waals surface area contributed by atoms with E-state index >= 15 is 0 Å². The maximum absolute atomic E-state index is 13.7. The van der Waals surface area contributed by atoms with Crippen molar-refractivity contribution in [3.05, 3.63) is 89.1 Å². The maximum Gasteiger partial charge on any atom is 0.163 e. The van der Waals surface area contributed by atoms with Gasteiger partial charge in [0.2, 0.25) is 0 Å². The number of phenols is 1. The quantitative estimate of drug-likeness (QED) is 0.436. The number of rotatable bonds is 5. The molecule has 2 aliphatic rings. The highest BCUT2D eigenvalue weighted by atomic mass is 16.5. The van der Waals surface area contributed by atoms with Gasteiger partial charge in [0.25, 0.3) is 0 Å². The Kier molecular flexibility index (Phi) is 6.12. The van der Waals surface area contributed by atoms with Gasteiger partial charge in [0.05, 0.1) is 24.0 Å². The number of anilines is 3. The molecule has 1 aliphatic heterocycles. The molecule has 180 valence electrons. The van der Waals surface area contributed by atoms with Crippen LogP contribution in [0, 0.1) is 0 Å². The number of carbonyl (C=O) groups is 1. The van der Waals surface area contributed by atoms with Crippen LogP contribution >= 0.6 is 0 Å². The van der Waals surface area contributed by atoms with E-state index in [0.29, 0.717) is 18.8 Å².